The van der Waals surface area contributed by atoms with Crippen LogP contribution in [0.5, 0.6) is 0 Å². The van der Waals surface area contributed by atoms with Crippen LogP contribution in [0.2, 0.25) is 0 Å². The highest BCUT2D eigenvalue weighted by atomic mass is 16.5. The second-order valence-corrected chi connectivity index (χ2v) is 6.81. The van der Waals surface area contributed by atoms with E-state index in [1.54, 1.807) is 0 Å². The number of hydrogen-bond acceptors (Lipinski definition) is 4. The van der Waals surface area contributed by atoms with Gasteiger partial charge in [-0.15, -0.1) is 0 Å². The van der Waals surface area contributed by atoms with Crippen molar-refractivity contribution in [3.63, 3.8) is 0 Å². The van der Waals surface area contributed by atoms with Crippen molar-refractivity contribution in [2.45, 2.75) is 32.6 Å². The molecule has 0 unspecified atom stereocenters. The average molecular weight is 341 g/mol. The Kier molecular flexibility index (Phi) is 9.46. The minimum atomic E-state index is 0.811. The first-order chi connectivity index (χ1) is 11.8. The molecule has 0 bridgehead atoms. The topological polar surface area (TPSA) is 49.3 Å². The Morgan fingerprint density at radius 2 is 1.88 bits per heavy atom. The van der Waals surface area contributed by atoms with Crippen LogP contribution in [0.3, 0.4) is 0 Å². The van der Waals surface area contributed by atoms with Gasteiger partial charge in [-0.25, -0.2) is 0 Å². The summed E-state index contributed by atoms with van der Waals surface area (Å²) in [5.74, 6) is 1.86. The lowest BCUT2D eigenvalue weighted by atomic mass is 9.96. The SMILES string of the molecule is CCNC(=NCCCN1CCOCC1)N(C)CCC1CCOCC1. The van der Waals surface area contributed by atoms with Crippen molar-refractivity contribution in [2.24, 2.45) is 10.9 Å². The summed E-state index contributed by atoms with van der Waals surface area (Å²) < 4.78 is 10.8. The van der Waals surface area contributed by atoms with Crippen molar-refractivity contribution in [3.8, 4) is 0 Å². The first-order valence-corrected chi connectivity index (χ1v) is 9.67. The lowest BCUT2D eigenvalue weighted by molar-refractivity contribution is 0.0377. The Balaban J connectivity index is 1.67. The van der Waals surface area contributed by atoms with Crippen LogP contribution in [0.25, 0.3) is 0 Å². The molecule has 2 aliphatic rings. The normalized spacial score (nSPS) is 21.0. The maximum Gasteiger partial charge on any atom is 0.193 e. The number of morpholine rings is 1. The van der Waals surface area contributed by atoms with Crippen LogP contribution in [-0.2, 0) is 9.47 Å². The fourth-order valence-corrected chi connectivity index (χ4v) is 3.29. The molecular weight excluding hydrogens is 304 g/mol. The van der Waals surface area contributed by atoms with E-state index in [1.807, 2.05) is 0 Å². The van der Waals surface area contributed by atoms with E-state index in [9.17, 15) is 0 Å². The van der Waals surface area contributed by atoms with Crippen molar-refractivity contribution < 1.29 is 9.47 Å². The van der Waals surface area contributed by atoms with E-state index in [-0.39, 0.29) is 0 Å². The van der Waals surface area contributed by atoms with Gasteiger partial charge in [-0.3, -0.25) is 9.89 Å². The summed E-state index contributed by atoms with van der Waals surface area (Å²) in [4.78, 5) is 9.57. The minimum absolute atomic E-state index is 0.811. The third-order valence-electron chi connectivity index (χ3n) is 4.91. The van der Waals surface area contributed by atoms with Crippen LogP contribution in [0.4, 0.5) is 0 Å². The van der Waals surface area contributed by atoms with E-state index in [1.165, 1.54) is 19.3 Å². The lowest BCUT2D eigenvalue weighted by Gasteiger charge is -2.27. The predicted molar refractivity (Wildman–Crippen MR) is 98.6 cm³/mol. The fraction of sp³-hybridized carbons (Fsp3) is 0.944. The summed E-state index contributed by atoms with van der Waals surface area (Å²) in [6, 6.07) is 0. The highest BCUT2D eigenvalue weighted by Gasteiger charge is 2.15. The average Bonchev–Trinajstić information content (AvgIpc) is 2.64. The van der Waals surface area contributed by atoms with Crippen LogP contribution >= 0.6 is 0 Å². The van der Waals surface area contributed by atoms with E-state index in [0.29, 0.717) is 0 Å². The Morgan fingerprint density at radius 3 is 2.58 bits per heavy atom. The van der Waals surface area contributed by atoms with Gasteiger partial charge in [0.25, 0.3) is 0 Å². The number of aliphatic imine (C=N–C) groups is 1. The Labute approximate surface area is 147 Å². The quantitative estimate of drug-likeness (QED) is 0.411. The number of nitrogens with one attached hydrogen (secondary N) is 1. The smallest absolute Gasteiger partial charge is 0.193 e. The third-order valence-corrected chi connectivity index (χ3v) is 4.91. The summed E-state index contributed by atoms with van der Waals surface area (Å²) in [7, 11) is 2.16. The van der Waals surface area contributed by atoms with Gasteiger partial charge < -0.3 is 19.7 Å². The molecule has 2 heterocycles. The summed E-state index contributed by atoms with van der Waals surface area (Å²) >= 11 is 0. The number of nitrogens with zero attached hydrogens (tertiary/aromatic N) is 3. The Hall–Kier alpha value is -0.850. The summed E-state index contributed by atoms with van der Waals surface area (Å²) in [6.07, 6.45) is 4.77. The molecule has 140 valence electrons. The van der Waals surface area contributed by atoms with Crippen molar-refractivity contribution >= 4 is 5.96 Å². The van der Waals surface area contributed by atoms with Gasteiger partial charge in [-0.1, -0.05) is 0 Å². The van der Waals surface area contributed by atoms with Gasteiger partial charge in [-0.05, 0) is 38.5 Å². The molecule has 0 aliphatic carbocycles. The summed E-state index contributed by atoms with van der Waals surface area (Å²) in [5.41, 5.74) is 0. The zero-order valence-corrected chi connectivity index (χ0v) is 15.6. The van der Waals surface area contributed by atoms with Crippen molar-refractivity contribution in [1.29, 1.82) is 0 Å². The minimum Gasteiger partial charge on any atom is -0.381 e. The van der Waals surface area contributed by atoms with Crippen LogP contribution in [-0.4, -0.2) is 88.5 Å². The molecule has 0 atom stereocenters. The van der Waals surface area contributed by atoms with Gasteiger partial charge in [0.2, 0.25) is 0 Å². The van der Waals surface area contributed by atoms with E-state index >= 15 is 0 Å². The van der Waals surface area contributed by atoms with E-state index in [4.69, 9.17) is 14.5 Å². The standard InChI is InChI=1S/C18H36N4O2/c1-3-19-18(20-8-4-9-22-11-15-24-16-12-22)21(2)10-5-17-6-13-23-14-7-17/h17H,3-16H2,1-2H3,(H,19,20). The van der Waals surface area contributed by atoms with Gasteiger partial charge in [0.1, 0.15) is 0 Å². The van der Waals surface area contributed by atoms with Gasteiger partial charge >= 0.3 is 0 Å². The number of guanidine groups is 1. The molecule has 2 saturated heterocycles. The fourth-order valence-electron chi connectivity index (χ4n) is 3.29. The Bertz CT molecular complexity index is 353. The maximum atomic E-state index is 5.45. The first kappa shape index (κ1) is 19.5. The predicted octanol–water partition coefficient (Wildman–Crippen LogP) is 1.42. The summed E-state index contributed by atoms with van der Waals surface area (Å²) in [5, 5.41) is 3.43. The molecule has 0 radical (unpaired) electrons. The van der Waals surface area contributed by atoms with Gasteiger partial charge in [0.05, 0.1) is 13.2 Å². The molecule has 6 heteroatoms. The molecule has 2 aliphatic heterocycles. The van der Waals surface area contributed by atoms with Crippen LogP contribution in [0.1, 0.15) is 32.6 Å². The molecular formula is C18H36N4O2. The highest BCUT2D eigenvalue weighted by molar-refractivity contribution is 5.79. The van der Waals surface area contributed by atoms with Crippen molar-refractivity contribution in [2.75, 3.05) is 72.7 Å². The third kappa shape index (κ3) is 7.36. The number of ether oxygens (including phenoxy) is 2. The summed E-state index contributed by atoms with van der Waals surface area (Å²) in [6.45, 7) is 11.9. The van der Waals surface area contributed by atoms with Crippen LogP contribution in [0.15, 0.2) is 4.99 Å². The molecule has 0 spiro atoms. The molecule has 2 fully saturated rings. The Morgan fingerprint density at radius 1 is 1.17 bits per heavy atom. The van der Waals surface area contributed by atoms with Gasteiger partial charge in [0.15, 0.2) is 5.96 Å². The molecule has 0 aromatic heterocycles. The molecule has 24 heavy (non-hydrogen) atoms. The largest absolute Gasteiger partial charge is 0.381 e. The molecule has 0 aromatic carbocycles. The first-order valence-electron chi connectivity index (χ1n) is 9.67. The molecule has 2 rings (SSSR count). The molecule has 1 N–H and O–H groups in total. The lowest BCUT2D eigenvalue weighted by Crippen LogP contribution is -2.40. The molecule has 6 nitrogen and oxygen atoms in total. The van der Waals surface area contributed by atoms with Crippen molar-refractivity contribution in [3.05, 3.63) is 0 Å². The zero-order chi connectivity index (χ0) is 17.0. The van der Waals surface area contributed by atoms with E-state index in [2.05, 4.69) is 29.1 Å². The molecule has 0 saturated carbocycles. The molecule has 0 amide bonds. The van der Waals surface area contributed by atoms with Crippen LogP contribution < -0.4 is 5.32 Å². The monoisotopic (exact) mass is 340 g/mol. The second kappa shape index (κ2) is 11.7. The van der Waals surface area contributed by atoms with Crippen LogP contribution in [0, 0.1) is 5.92 Å². The van der Waals surface area contributed by atoms with Gasteiger partial charge in [-0.2, -0.15) is 0 Å². The van der Waals surface area contributed by atoms with E-state index < -0.39 is 0 Å². The molecule has 0 aromatic rings. The second-order valence-electron chi connectivity index (χ2n) is 6.81. The zero-order valence-electron chi connectivity index (χ0n) is 15.6. The number of hydrogen-bond donors (Lipinski definition) is 1. The number of rotatable bonds is 8. The van der Waals surface area contributed by atoms with E-state index in [0.717, 1.165) is 84.0 Å². The maximum absolute atomic E-state index is 5.45. The van der Waals surface area contributed by atoms with Crippen molar-refractivity contribution in [1.82, 2.24) is 15.1 Å². The van der Waals surface area contributed by atoms with Gasteiger partial charge in [0, 0.05) is 59.5 Å². The highest BCUT2D eigenvalue weighted by Crippen LogP contribution is 2.18.